The molecular weight excluding hydrogens is 442 g/mol. The number of hydrogen-bond donors (Lipinski definition) is 3. The van der Waals surface area contributed by atoms with Crippen LogP contribution in [0.2, 0.25) is 5.02 Å². The zero-order valence-corrected chi connectivity index (χ0v) is 19.4. The van der Waals surface area contributed by atoms with Crippen molar-refractivity contribution in [1.29, 1.82) is 0 Å². The largest absolute Gasteiger partial charge is 0.476 e. The molecule has 0 bridgehead atoms. The Hall–Kier alpha value is -2.62. The number of amides is 2. The van der Waals surface area contributed by atoms with Gasteiger partial charge >= 0.3 is 0 Å². The van der Waals surface area contributed by atoms with Gasteiger partial charge < -0.3 is 15.4 Å². The van der Waals surface area contributed by atoms with Crippen LogP contribution in [0.15, 0.2) is 41.3 Å². The van der Waals surface area contributed by atoms with Gasteiger partial charge in [0, 0.05) is 11.2 Å². The van der Waals surface area contributed by atoms with Gasteiger partial charge in [0.1, 0.15) is 5.75 Å². The molecule has 1 heterocycles. The number of nitrogens with one attached hydrogen (secondary N) is 3. The third-order valence-corrected chi connectivity index (χ3v) is 6.42. The number of rotatable bonds is 4. The Kier molecular flexibility index (Phi) is 5.81. The highest BCUT2D eigenvalue weighted by Gasteiger charge is 2.35. The van der Waals surface area contributed by atoms with E-state index in [4.69, 9.17) is 16.3 Å². The summed E-state index contributed by atoms with van der Waals surface area (Å²) in [6.45, 7) is 8.45. The van der Waals surface area contributed by atoms with Gasteiger partial charge in [-0.3, -0.25) is 9.59 Å². The molecular formula is C21H24ClN3O5S. The number of carbonyl (C=O) groups is 2. The summed E-state index contributed by atoms with van der Waals surface area (Å²) >= 11 is 6.15. The first-order chi connectivity index (χ1) is 14.2. The molecule has 31 heavy (non-hydrogen) atoms. The Bertz CT molecular complexity index is 1170. The summed E-state index contributed by atoms with van der Waals surface area (Å²) in [5.41, 5.74) is -0.898. The second-order valence-electron chi connectivity index (χ2n) is 8.73. The van der Waals surface area contributed by atoms with Gasteiger partial charge in [-0.1, -0.05) is 11.6 Å². The van der Waals surface area contributed by atoms with Crippen molar-refractivity contribution in [1.82, 2.24) is 4.72 Å². The molecule has 0 spiro atoms. The quantitative estimate of drug-likeness (QED) is 0.635. The lowest BCUT2D eigenvalue weighted by molar-refractivity contribution is -0.129. The average Bonchev–Trinajstić information content (AvgIpc) is 2.61. The lowest BCUT2D eigenvalue weighted by Gasteiger charge is -2.31. The van der Waals surface area contributed by atoms with Gasteiger partial charge in [-0.15, -0.1) is 0 Å². The first-order valence-electron chi connectivity index (χ1n) is 9.47. The Morgan fingerprint density at radius 2 is 1.81 bits per heavy atom. The van der Waals surface area contributed by atoms with Crippen molar-refractivity contribution < 1.29 is 22.7 Å². The van der Waals surface area contributed by atoms with Gasteiger partial charge in [0.05, 0.1) is 21.2 Å². The predicted octanol–water partition coefficient (Wildman–Crippen LogP) is 3.78. The minimum Gasteiger partial charge on any atom is -0.476 e. The van der Waals surface area contributed by atoms with E-state index in [0.717, 1.165) is 0 Å². The maximum atomic E-state index is 12.8. The molecule has 1 aliphatic rings. The molecule has 0 saturated heterocycles. The normalized spacial score (nSPS) is 15.5. The maximum absolute atomic E-state index is 12.8. The van der Waals surface area contributed by atoms with Crippen molar-refractivity contribution >= 4 is 44.8 Å². The molecule has 3 rings (SSSR count). The van der Waals surface area contributed by atoms with Gasteiger partial charge in [0.2, 0.25) is 10.0 Å². The number of ether oxygens (including phenoxy) is 1. The summed E-state index contributed by atoms with van der Waals surface area (Å²) in [6.07, 6.45) is 0. The fourth-order valence-corrected chi connectivity index (χ4v) is 4.54. The van der Waals surface area contributed by atoms with Crippen LogP contribution in [0.25, 0.3) is 0 Å². The second kappa shape index (κ2) is 7.81. The molecule has 2 amide bonds. The van der Waals surface area contributed by atoms with E-state index in [1.165, 1.54) is 18.2 Å². The van der Waals surface area contributed by atoms with Crippen molar-refractivity contribution in [2.75, 3.05) is 10.6 Å². The molecule has 0 radical (unpaired) electrons. The molecule has 166 valence electrons. The minimum absolute atomic E-state index is 0.00223. The lowest BCUT2D eigenvalue weighted by Crippen LogP contribution is -2.45. The monoisotopic (exact) mass is 465 g/mol. The van der Waals surface area contributed by atoms with Gasteiger partial charge in [0.15, 0.2) is 5.60 Å². The highest BCUT2D eigenvalue weighted by molar-refractivity contribution is 7.89. The average molecular weight is 466 g/mol. The van der Waals surface area contributed by atoms with Crippen LogP contribution in [0, 0.1) is 0 Å². The van der Waals surface area contributed by atoms with Gasteiger partial charge in [-0.2, -0.15) is 0 Å². The summed E-state index contributed by atoms with van der Waals surface area (Å²) in [5.74, 6) is -0.432. The van der Waals surface area contributed by atoms with E-state index >= 15 is 0 Å². The smallest absolute Gasteiger partial charge is 0.268 e. The number of anilines is 2. The van der Waals surface area contributed by atoms with Crippen LogP contribution in [0.1, 0.15) is 45.0 Å². The number of sulfonamides is 1. The molecule has 1 aliphatic heterocycles. The summed E-state index contributed by atoms with van der Waals surface area (Å²) in [6, 6.07) is 8.70. The van der Waals surface area contributed by atoms with Crippen LogP contribution in [0.4, 0.5) is 11.4 Å². The van der Waals surface area contributed by atoms with E-state index in [1.54, 1.807) is 52.8 Å². The molecule has 10 heteroatoms. The van der Waals surface area contributed by atoms with Gasteiger partial charge in [0.25, 0.3) is 11.8 Å². The van der Waals surface area contributed by atoms with Crippen molar-refractivity contribution in [2.24, 2.45) is 0 Å². The summed E-state index contributed by atoms with van der Waals surface area (Å²) in [7, 11) is -3.85. The Morgan fingerprint density at radius 3 is 2.45 bits per heavy atom. The van der Waals surface area contributed by atoms with Crippen LogP contribution >= 0.6 is 11.6 Å². The molecule has 0 saturated carbocycles. The standard InChI is InChI=1S/C21H24ClN3O5S/c1-20(2,3)25-31(28,29)13-7-8-15(22)14(11-13)18(26)23-12-6-9-17-16(10-12)24-19(27)21(4,5)30-17/h6-11,25H,1-5H3,(H,23,26)(H,24,27). The summed E-state index contributed by atoms with van der Waals surface area (Å²) in [5, 5.41) is 5.50. The van der Waals surface area contributed by atoms with Crippen molar-refractivity contribution in [3.05, 3.63) is 47.0 Å². The van der Waals surface area contributed by atoms with E-state index in [2.05, 4.69) is 15.4 Å². The molecule has 0 atom stereocenters. The maximum Gasteiger partial charge on any atom is 0.268 e. The number of halogens is 1. The first-order valence-corrected chi connectivity index (χ1v) is 11.3. The van der Waals surface area contributed by atoms with Crippen LogP contribution in [-0.4, -0.2) is 31.4 Å². The van der Waals surface area contributed by atoms with Gasteiger partial charge in [-0.25, -0.2) is 13.1 Å². The first kappa shape index (κ1) is 23.1. The Morgan fingerprint density at radius 1 is 1.13 bits per heavy atom. The fraction of sp³-hybridized carbons (Fsp3) is 0.333. The fourth-order valence-electron chi connectivity index (χ4n) is 2.89. The highest BCUT2D eigenvalue weighted by Crippen LogP contribution is 2.35. The molecule has 8 nitrogen and oxygen atoms in total. The number of fused-ring (bicyclic) bond motifs is 1. The highest BCUT2D eigenvalue weighted by atomic mass is 35.5. The molecule has 0 unspecified atom stereocenters. The van der Waals surface area contributed by atoms with Crippen molar-refractivity contribution in [3.63, 3.8) is 0 Å². The van der Waals surface area contributed by atoms with Crippen LogP contribution < -0.4 is 20.1 Å². The third kappa shape index (κ3) is 5.17. The van der Waals surface area contributed by atoms with E-state index in [-0.39, 0.29) is 21.4 Å². The molecule has 0 aromatic heterocycles. The molecule has 2 aromatic rings. The molecule has 2 aromatic carbocycles. The van der Waals surface area contributed by atoms with Crippen LogP contribution in [0.5, 0.6) is 5.75 Å². The second-order valence-corrected chi connectivity index (χ2v) is 10.8. The topological polar surface area (TPSA) is 114 Å². The van der Waals surface area contributed by atoms with Crippen molar-refractivity contribution in [3.8, 4) is 5.75 Å². The number of hydrogen-bond acceptors (Lipinski definition) is 5. The summed E-state index contributed by atoms with van der Waals surface area (Å²) < 4.78 is 33.4. The third-order valence-electron chi connectivity index (χ3n) is 4.33. The van der Waals surface area contributed by atoms with E-state index in [1.807, 2.05) is 0 Å². The lowest BCUT2D eigenvalue weighted by atomic mass is 10.1. The van der Waals surface area contributed by atoms with E-state index in [9.17, 15) is 18.0 Å². The van der Waals surface area contributed by atoms with E-state index in [0.29, 0.717) is 17.1 Å². The SMILES string of the molecule is CC(C)(C)NS(=O)(=O)c1ccc(Cl)c(C(=O)Nc2ccc3c(c2)NC(=O)C(C)(C)O3)c1. The van der Waals surface area contributed by atoms with Crippen molar-refractivity contribution in [2.45, 2.75) is 50.7 Å². The van der Waals surface area contributed by atoms with E-state index < -0.39 is 27.1 Å². The van der Waals surface area contributed by atoms with Crippen LogP contribution in [0.3, 0.4) is 0 Å². The number of carbonyl (C=O) groups excluding carboxylic acids is 2. The molecule has 3 N–H and O–H groups in total. The molecule has 0 fully saturated rings. The number of benzene rings is 2. The van der Waals surface area contributed by atoms with Crippen LogP contribution in [-0.2, 0) is 14.8 Å². The predicted molar refractivity (Wildman–Crippen MR) is 119 cm³/mol. The minimum atomic E-state index is -3.85. The Labute approximate surface area is 186 Å². The summed E-state index contributed by atoms with van der Waals surface area (Å²) in [4.78, 5) is 24.8. The van der Waals surface area contributed by atoms with Gasteiger partial charge in [-0.05, 0) is 71.0 Å². The zero-order chi connectivity index (χ0) is 23.2. The zero-order valence-electron chi connectivity index (χ0n) is 17.8. The Balaban J connectivity index is 1.86. The molecule has 0 aliphatic carbocycles.